The zero-order valence-corrected chi connectivity index (χ0v) is 14.5. The largest absolute Gasteiger partial charge is 0.493 e. The van der Waals surface area contributed by atoms with Gasteiger partial charge in [0.25, 0.3) is 5.91 Å². The number of furan rings is 1. The molecule has 0 saturated heterocycles. The van der Waals surface area contributed by atoms with Crippen molar-refractivity contribution in [3.8, 4) is 11.5 Å². The maximum Gasteiger partial charge on any atom is 0.258 e. The topological polar surface area (TPSA) is 60.7 Å². The first-order chi connectivity index (χ1) is 12.1. The average molecular weight is 339 g/mol. The highest BCUT2D eigenvalue weighted by molar-refractivity contribution is 5.79. The summed E-state index contributed by atoms with van der Waals surface area (Å²) < 4.78 is 16.6. The van der Waals surface area contributed by atoms with Crippen LogP contribution in [0.2, 0.25) is 0 Å². The molecule has 0 aliphatic carbocycles. The van der Waals surface area contributed by atoms with Gasteiger partial charge in [0.1, 0.15) is 11.3 Å². The Morgan fingerprint density at radius 1 is 1.16 bits per heavy atom. The van der Waals surface area contributed by atoms with E-state index in [0.29, 0.717) is 17.3 Å². The van der Waals surface area contributed by atoms with E-state index in [1.807, 2.05) is 56.3 Å². The number of hydrogen-bond acceptors (Lipinski definition) is 4. The molecule has 130 valence electrons. The molecule has 0 fully saturated rings. The van der Waals surface area contributed by atoms with E-state index in [-0.39, 0.29) is 18.6 Å². The quantitative estimate of drug-likeness (QED) is 0.737. The summed E-state index contributed by atoms with van der Waals surface area (Å²) in [6, 6.07) is 15.0. The molecular formula is C20H21NO4. The number of carbonyl (C=O) groups excluding carboxylic acids is 1. The molecule has 5 nitrogen and oxygen atoms in total. The molecule has 5 heteroatoms. The summed E-state index contributed by atoms with van der Waals surface area (Å²) in [5, 5.41) is 3.89. The average Bonchev–Trinajstić information content (AvgIpc) is 3.05. The molecule has 0 saturated carbocycles. The second kappa shape index (κ2) is 7.30. The first-order valence-electron chi connectivity index (χ1n) is 8.12. The molecule has 25 heavy (non-hydrogen) atoms. The van der Waals surface area contributed by atoms with Crippen LogP contribution in [0.3, 0.4) is 0 Å². The Bertz CT molecular complexity index is 851. The van der Waals surface area contributed by atoms with Crippen molar-refractivity contribution >= 4 is 16.9 Å². The number of hydrogen-bond donors (Lipinski definition) is 1. The summed E-state index contributed by atoms with van der Waals surface area (Å²) in [6.07, 6.45) is 0. The molecule has 0 spiro atoms. The maximum atomic E-state index is 12.2. The normalized spacial score (nSPS) is 12.0. The van der Waals surface area contributed by atoms with Gasteiger partial charge in [-0.2, -0.15) is 0 Å². The molecule has 0 aliphatic heterocycles. The molecule has 0 radical (unpaired) electrons. The molecule has 3 rings (SSSR count). The van der Waals surface area contributed by atoms with E-state index in [1.54, 1.807) is 13.2 Å². The summed E-state index contributed by atoms with van der Waals surface area (Å²) in [6.45, 7) is 3.75. The number of carbonyl (C=O) groups is 1. The fraction of sp³-hybridized carbons (Fsp3) is 0.250. The molecule has 3 aromatic rings. The smallest absolute Gasteiger partial charge is 0.258 e. The van der Waals surface area contributed by atoms with Gasteiger partial charge in [-0.15, -0.1) is 0 Å². The lowest BCUT2D eigenvalue weighted by Crippen LogP contribution is -2.31. The Morgan fingerprint density at radius 2 is 1.96 bits per heavy atom. The fourth-order valence-corrected chi connectivity index (χ4v) is 2.61. The Kier molecular flexibility index (Phi) is 4.93. The molecule has 1 N–H and O–H groups in total. The van der Waals surface area contributed by atoms with Crippen LogP contribution in [0.25, 0.3) is 11.0 Å². The summed E-state index contributed by atoms with van der Waals surface area (Å²) >= 11 is 0. The molecule has 1 atom stereocenters. The number of nitrogens with one attached hydrogen (secondary N) is 1. The van der Waals surface area contributed by atoms with Gasteiger partial charge in [0, 0.05) is 5.39 Å². The molecule has 0 aliphatic rings. The van der Waals surface area contributed by atoms with Crippen LogP contribution in [0.15, 0.2) is 52.9 Å². The van der Waals surface area contributed by atoms with Crippen molar-refractivity contribution in [1.82, 2.24) is 5.32 Å². The third-order valence-corrected chi connectivity index (χ3v) is 3.93. The van der Waals surface area contributed by atoms with E-state index in [1.165, 1.54) is 0 Å². The number of fused-ring (bicyclic) bond motifs is 1. The number of rotatable bonds is 6. The first-order valence-corrected chi connectivity index (χ1v) is 8.12. The highest BCUT2D eigenvalue weighted by Gasteiger charge is 2.15. The van der Waals surface area contributed by atoms with Gasteiger partial charge >= 0.3 is 0 Å². The van der Waals surface area contributed by atoms with Gasteiger partial charge < -0.3 is 19.2 Å². The third-order valence-electron chi connectivity index (χ3n) is 3.93. The minimum atomic E-state index is -0.247. The number of amides is 1. The Morgan fingerprint density at radius 3 is 2.72 bits per heavy atom. The summed E-state index contributed by atoms with van der Waals surface area (Å²) in [7, 11) is 1.57. The zero-order valence-electron chi connectivity index (χ0n) is 14.5. The van der Waals surface area contributed by atoms with Crippen LogP contribution < -0.4 is 14.8 Å². The lowest BCUT2D eigenvalue weighted by molar-refractivity contribution is -0.123. The van der Waals surface area contributed by atoms with Crippen LogP contribution in [0.1, 0.15) is 24.3 Å². The van der Waals surface area contributed by atoms with Crippen molar-refractivity contribution in [3.63, 3.8) is 0 Å². The van der Waals surface area contributed by atoms with Gasteiger partial charge in [0.2, 0.25) is 0 Å². The Hall–Kier alpha value is -2.95. The zero-order chi connectivity index (χ0) is 17.8. The van der Waals surface area contributed by atoms with E-state index >= 15 is 0 Å². The highest BCUT2D eigenvalue weighted by atomic mass is 16.5. The van der Waals surface area contributed by atoms with E-state index in [9.17, 15) is 4.79 Å². The molecule has 1 heterocycles. The van der Waals surface area contributed by atoms with Gasteiger partial charge in [-0.1, -0.05) is 24.3 Å². The predicted molar refractivity (Wildman–Crippen MR) is 96.0 cm³/mol. The monoisotopic (exact) mass is 339 g/mol. The molecule has 1 aromatic heterocycles. The van der Waals surface area contributed by atoms with Crippen molar-refractivity contribution in [2.24, 2.45) is 0 Å². The summed E-state index contributed by atoms with van der Waals surface area (Å²) in [5.74, 6) is 1.64. The number of aryl methyl sites for hydroxylation is 1. The minimum absolute atomic E-state index is 0.0933. The van der Waals surface area contributed by atoms with Crippen LogP contribution in [0.5, 0.6) is 11.5 Å². The Labute approximate surface area is 146 Å². The van der Waals surface area contributed by atoms with Gasteiger partial charge in [0.15, 0.2) is 18.1 Å². The number of ether oxygens (including phenoxy) is 2. The number of benzene rings is 2. The van der Waals surface area contributed by atoms with Crippen molar-refractivity contribution < 1.29 is 18.7 Å². The van der Waals surface area contributed by atoms with E-state index in [2.05, 4.69) is 5.32 Å². The fourth-order valence-electron chi connectivity index (χ4n) is 2.61. The highest BCUT2D eigenvalue weighted by Crippen LogP contribution is 2.28. The summed E-state index contributed by atoms with van der Waals surface area (Å²) in [5.41, 5.74) is 1.87. The van der Waals surface area contributed by atoms with E-state index in [0.717, 1.165) is 16.5 Å². The molecule has 1 amide bonds. The maximum absolute atomic E-state index is 12.2. The van der Waals surface area contributed by atoms with Gasteiger partial charge in [-0.3, -0.25) is 4.79 Å². The standard InChI is InChI=1S/C20H21NO4/c1-13-8-9-17(19(10-13)23-3)24-12-20(22)21-14(2)18-11-15-6-4-5-7-16(15)25-18/h4-11,14H,12H2,1-3H3,(H,21,22)/t14-/m1/s1. The molecule has 0 bridgehead atoms. The lowest BCUT2D eigenvalue weighted by atomic mass is 10.2. The molecular weight excluding hydrogens is 318 g/mol. The van der Waals surface area contributed by atoms with Gasteiger partial charge in [-0.05, 0) is 43.7 Å². The number of methoxy groups -OCH3 is 1. The summed E-state index contributed by atoms with van der Waals surface area (Å²) in [4.78, 5) is 12.2. The second-order valence-electron chi connectivity index (χ2n) is 5.92. The molecule has 0 unspecified atom stereocenters. The van der Waals surface area contributed by atoms with Crippen LogP contribution in [0, 0.1) is 6.92 Å². The van der Waals surface area contributed by atoms with Crippen molar-refractivity contribution in [2.45, 2.75) is 19.9 Å². The van der Waals surface area contributed by atoms with Crippen LogP contribution in [-0.4, -0.2) is 19.6 Å². The van der Waals surface area contributed by atoms with Gasteiger partial charge in [0.05, 0.1) is 13.2 Å². The van der Waals surface area contributed by atoms with Gasteiger partial charge in [-0.25, -0.2) is 0 Å². The van der Waals surface area contributed by atoms with Crippen molar-refractivity contribution in [1.29, 1.82) is 0 Å². The van der Waals surface area contributed by atoms with Crippen molar-refractivity contribution in [3.05, 3.63) is 59.9 Å². The third kappa shape index (κ3) is 3.94. The second-order valence-corrected chi connectivity index (χ2v) is 5.92. The SMILES string of the molecule is COc1cc(C)ccc1OCC(=O)N[C@H](C)c1cc2ccccc2o1. The van der Waals surface area contributed by atoms with Crippen molar-refractivity contribution in [2.75, 3.05) is 13.7 Å². The first kappa shape index (κ1) is 16.9. The Balaban J connectivity index is 1.60. The van der Waals surface area contributed by atoms with Crippen LogP contribution in [0.4, 0.5) is 0 Å². The predicted octanol–water partition coefficient (Wildman–Crippen LogP) is 4.01. The van der Waals surface area contributed by atoms with Crippen LogP contribution >= 0.6 is 0 Å². The molecule has 2 aromatic carbocycles. The number of para-hydroxylation sites is 1. The van der Waals surface area contributed by atoms with E-state index < -0.39 is 0 Å². The minimum Gasteiger partial charge on any atom is -0.493 e. The van der Waals surface area contributed by atoms with Crippen LogP contribution in [-0.2, 0) is 4.79 Å². The lowest BCUT2D eigenvalue weighted by Gasteiger charge is -2.14. The van der Waals surface area contributed by atoms with E-state index in [4.69, 9.17) is 13.9 Å².